The van der Waals surface area contributed by atoms with E-state index in [0.29, 0.717) is 19.3 Å². The van der Waals surface area contributed by atoms with Crippen LogP contribution in [0, 0.1) is 44.8 Å². The molecule has 0 bridgehead atoms. The lowest BCUT2D eigenvalue weighted by Crippen LogP contribution is -2.68. The zero-order valence-electron chi connectivity index (χ0n) is 36.9. The molecule has 0 amide bonds. The lowest BCUT2D eigenvalue weighted by Gasteiger charge is -2.71. The van der Waals surface area contributed by atoms with Crippen LogP contribution in [0.5, 0.6) is 0 Å². The Bertz CT molecular complexity index is 1700. The normalized spacial score (nSPS) is 55.3. The van der Waals surface area contributed by atoms with Gasteiger partial charge in [-0.2, -0.15) is 0 Å². The molecule has 17 heteroatoms. The number of hydrogen-bond acceptors (Lipinski definition) is 17. The molecule has 0 aromatic rings. The first kappa shape index (κ1) is 47.3. The molecule has 3 aliphatic heterocycles. The SMILES string of the molecule is CC1(C)CC[C@]2(O)C(=O)C[C@]3(C)C(=CC[C@@H]4[C@@]5(C)CC[C@H](O[C@@H]6O[C@H](CO[C@@H]7OC[C@H](O)[C@H](O)[C@H]7O[C@@H]7OC[C@H](O)[C@H](O)[C@H]7O)[C@@H](O)[C@H](O)[C@H]6O)[C@@](C)(CO)[C@@H]5CC[C@]43C)[C@@H]2C1. The third-order valence-electron chi connectivity index (χ3n) is 18.1. The molecule has 0 unspecified atom stereocenters. The van der Waals surface area contributed by atoms with Crippen molar-refractivity contribution in [3.05, 3.63) is 11.6 Å². The van der Waals surface area contributed by atoms with Crippen LogP contribution in [0.4, 0.5) is 0 Å². The van der Waals surface area contributed by atoms with Gasteiger partial charge in [0.25, 0.3) is 0 Å². The molecule has 0 spiro atoms. The first-order valence-electron chi connectivity index (χ1n) is 22.8. The molecule has 3 heterocycles. The average Bonchev–Trinajstić information content (AvgIpc) is 3.22. The number of hydrogen-bond donors (Lipinski definition) is 10. The number of carbonyl (C=O) groups excluding carboxylic acids is 1. The number of fused-ring (bicyclic) bond motifs is 7. The number of aliphatic hydroxyl groups excluding tert-OH is 9. The topological polar surface area (TPSA) is 275 Å². The lowest BCUT2D eigenvalue weighted by molar-refractivity contribution is -0.358. The highest BCUT2D eigenvalue weighted by molar-refractivity contribution is 5.91. The molecule has 8 aliphatic rings. The van der Waals surface area contributed by atoms with Crippen molar-refractivity contribution < 1.29 is 84.3 Å². The van der Waals surface area contributed by atoms with Crippen molar-refractivity contribution in [3.8, 4) is 0 Å². The van der Waals surface area contributed by atoms with Crippen molar-refractivity contribution in [2.24, 2.45) is 44.8 Å². The molecule has 17 nitrogen and oxygen atoms in total. The molecule has 62 heavy (non-hydrogen) atoms. The van der Waals surface area contributed by atoms with Gasteiger partial charge in [0.05, 0.1) is 32.5 Å². The highest BCUT2D eigenvalue weighted by Gasteiger charge is 2.70. The average molecular weight is 885 g/mol. The molecule has 7 fully saturated rings. The van der Waals surface area contributed by atoms with Crippen molar-refractivity contribution in [1.29, 1.82) is 0 Å². The van der Waals surface area contributed by atoms with Gasteiger partial charge in [-0.15, -0.1) is 0 Å². The second-order valence-electron chi connectivity index (χ2n) is 22.0. The Morgan fingerprint density at radius 3 is 2.08 bits per heavy atom. The van der Waals surface area contributed by atoms with E-state index in [9.17, 15) is 55.9 Å². The number of aliphatic hydroxyl groups is 10. The maximum absolute atomic E-state index is 14.1. The van der Waals surface area contributed by atoms with E-state index in [1.54, 1.807) is 0 Å². The second-order valence-corrected chi connectivity index (χ2v) is 22.0. The smallest absolute Gasteiger partial charge is 0.186 e. The van der Waals surface area contributed by atoms with Crippen LogP contribution in [0.3, 0.4) is 0 Å². The number of ketones is 1. The van der Waals surface area contributed by atoms with Gasteiger partial charge in [-0.1, -0.05) is 53.2 Å². The van der Waals surface area contributed by atoms with Crippen LogP contribution >= 0.6 is 0 Å². The Hall–Kier alpha value is -1.23. The first-order chi connectivity index (χ1) is 29.0. The Balaban J connectivity index is 0.976. The van der Waals surface area contributed by atoms with E-state index in [0.717, 1.165) is 38.5 Å². The summed E-state index contributed by atoms with van der Waals surface area (Å²) >= 11 is 0. The minimum absolute atomic E-state index is 0.0135. The van der Waals surface area contributed by atoms with E-state index in [-0.39, 0.29) is 59.6 Å². The molecular formula is C45H72O17. The summed E-state index contributed by atoms with van der Waals surface area (Å²) in [6.07, 6.45) is -12.4. The molecule has 0 aromatic carbocycles. The summed E-state index contributed by atoms with van der Waals surface area (Å²) < 4.78 is 35.2. The summed E-state index contributed by atoms with van der Waals surface area (Å²) in [5.41, 5.74) is -1.86. The summed E-state index contributed by atoms with van der Waals surface area (Å²) in [5.74, 6) is -0.121. The largest absolute Gasteiger partial charge is 0.396 e. The third-order valence-corrected chi connectivity index (χ3v) is 18.1. The van der Waals surface area contributed by atoms with Crippen molar-refractivity contribution in [3.63, 3.8) is 0 Å². The quantitative estimate of drug-likeness (QED) is 0.112. The highest BCUT2D eigenvalue weighted by atomic mass is 16.8. The van der Waals surface area contributed by atoms with Crippen molar-refractivity contribution in [1.82, 2.24) is 0 Å². The van der Waals surface area contributed by atoms with Crippen molar-refractivity contribution >= 4 is 5.78 Å². The van der Waals surface area contributed by atoms with Crippen LogP contribution in [-0.4, -0.2) is 175 Å². The predicted octanol–water partition coefficient (Wildman–Crippen LogP) is -0.204. The molecule has 8 rings (SSSR count). The molecule has 3 saturated heterocycles. The molecular weight excluding hydrogens is 812 g/mol. The Kier molecular flexibility index (Phi) is 12.6. The second kappa shape index (κ2) is 16.5. The van der Waals surface area contributed by atoms with Gasteiger partial charge in [-0.25, -0.2) is 0 Å². The van der Waals surface area contributed by atoms with E-state index < -0.39 is 109 Å². The Labute approximate surface area is 363 Å². The van der Waals surface area contributed by atoms with E-state index in [1.165, 1.54) is 5.57 Å². The van der Waals surface area contributed by atoms with E-state index in [2.05, 4.69) is 40.7 Å². The summed E-state index contributed by atoms with van der Waals surface area (Å²) in [7, 11) is 0. The van der Waals surface area contributed by atoms with Crippen LogP contribution in [0.25, 0.3) is 0 Å². The molecule has 5 aliphatic carbocycles. The number of allylic oxidation sites excluding steroid dienone is 1. The van der Waals surface area contributed by atoms with Gasteiger partial charge < -0.3 is 79.5 Å². The van der Waals surface area contributed by atoms with Gasteiger partial charge in [-0.3, -0.25) is 4.79 Å². The summed E-state index contributed by atoms with van der Waals surface area (Å²) in [4.78, 5) is 14.1. The Morgan fingerprint density at radius 2 is 1.39 bits per heavy atom. The lowest BCUT2D eigenvalue weighted by atomic mass is 9.34. The zero-order chi connectivity index (χ0) is 45.1. The highest BCUT2D eigenvalue weighted by Crippen LogP contribution is 2.74. The molecule has 4 saturated carbocycles. The molecule has 0 radical (unpaired) electrons. The minimum Gasteiger partial charge on any atom is -0.396 e. The van der Waals surface area contributed by atoms with Gasteiger partial charge in [0.15, 0.2) is 24.7 Å². The maximum Gasteiger partial charge on any atom is 0.186 e. The monoisotopic (exact) mass is 884 g/mol. The molecule has 354 valence electrons. The van der Waals surface area contributed by atoms with Crippen LogP contribution in [0.2, 0.25) is 0 Å². The van der Waals surface area contributed by atoms with Gasteiger partial charge in [0.1, 0.15) is 66.6 Å². The van der Waals surface area contributed by atoms with Crippen LogP contribution in [-0.2, 0) is 33.2 Å². The van der Waals surface area contributed by atoms with Crippen LogP contribution < -0.4 is 0 Å². The standard InChI is InChI=1S/C45H72O17/c1-40(2)13-14-45(56)22(15-40)21-7-8-27-41(3)11-10-29(42(4,20-46)26(41)9-12-43(27,5)44(21,6)16-28(45)49)61-38-35(55)33(53)32(52)25(60-38)19-59-39-36(31(51)24(48)18-58-39)62-37-34(54)30(50)23(47)17-57-37/h7,22-27,29-39,46-48,50-56H,8-20H2,1-6H3/t22-,23-,24-,25+,26+,27+,29-,30-,31-,32+,33-,34+,35+,36+,37-,38-,39-,41-,42-,43+,44+,45+/m0/s1. The van der Waals surface area contributed by atoms with Crippen molar-refractivity contribution in [2.75, 3.05) is 26.4 Å². The summed E-state index contributed by atoms with van der Waals surface area (Å²) in [6.45, 7) is 11.9. The maximum atomic E-state index is 14.1. The zero-order valence-corrected chi connectivity index (χ0v) is 36.9. The predicted molar refractivity (Wildman–Crippen MR) is 215 cm³/mol. The van der Waals surface area contributed by atoms with Gasteiger partial charge >= 0.3 is 0 Å². The van der Waals surface area contributed by atoms with Gasteiger partial charge in [0.2, 0.25) is 0 Å². The third kappa shape index (κ3) is 7.31. The molecule has 0 aromatic heterocycles. The summed E-state index contributed by atoms with van der Waals surface area (Å²) in [5, 5.41) is 108. The van der Waals surface area contributed by atoms with E-state index in [4.69, 9.17) is 28.4 Å². The minimum atomic E-state index is -1.73. The number of Topliss-reactive ketones (excluding diaryl/α,β-unsaturated/α-hetero) is 1. The Morgan fingerprint density at radius 1 is 0.726 bits per heavy atom. The van der Waals surface area contributed by atoms with E-state index in [1.807, 2.05) is 6.92 Å². The van der Waals surface area contributed by atoms with E-state index >= 15 is 0 Å². The molecule has 22 atom stereocenters. The number of carbonyl (C=O) groups is 1. The molecule has 10 N–H and O–H groups in total. The number of rotatable bonds is 8. The fourth-order valence-corrected chi connectivity index (χ4v) is 13.9. The summed E-state index contributed by atoms with van der Waals surface area (Å²) in [6, 6.07) is 0. The fourth-order valence-electron chi connectivity index (χ4n) is 13.9. The van der Waals surface area contributed by atoms with Gasteiger partial charge in [0, 0.05) is 23.2 Å². The van der Waals surface area contributed by atoms with Crippen molar-refractivity contribution in [2.45, 2.75) is 191 Å². The van der Waals surface area contributed by atoms with Gasteiger partial charge in [-0.05, 0) is 79.4 Å². The first-order valence-corrected chi connectivity index (χ1v) is 22.8. The van der Waals surface area contributed by atoms with Crippen LogP contribution in [0.15, 0.2) is 11.6 Å². The van der Waals surface area contributed by atoms with Crippen LogP contribution in [0.1, 0.15) is 99.3 Å². The fraction of sp³-hybridized carbons (Fsp3) is 0.933. The number of ether oxygens (including phenoxy) is 6.